The molecule has 0 radical (unpaired) electrons. The predicted octanol–water partition coefficient (Wildman–Crippen LogP) is 4.84. The highest BCUT2D eigenvalue weighted by molar-refractivity contribution is 5.73. The Labute approximate surface area is 195 Å². The molecule has 4 aromatic rings. The maximum absolute atomic E-state index is 4.88. The van der Waals surface area contributed by atoms with E-state index in [1.165, 1.54) is 35.1 Å². The quantitative estimate of drug-likeness (QED) is 0.390. The Morgan fingerprint density at radius 2 is 1.76 bits per heavy atom. The van der Waals surface area contributed by atoms with Crippen LogP contribution in [-0.2, 0) is 19.6 Å². The van der Waals surface area contributed by atoms with Crippen LogP contribution in [0.3, 0.4) is 0 Å². The van der Waals surface area contributed by atoms with Crippen molar-refractivity contribution in [3.05, 3.63) is 89.2 Å². The highest BCUT2D eigenvalue weighted by atomic mass is 16.6. The Morgan fingerprint density at radius 3 is 2.58 bits per heavy atom. The van der Waals surface area contributed by atoms with E-state index in [0.717, 1.165) is 50.3 Å². The summed E-state index contributed by atoms with van der Waals surface area (Å²) in [7, 11) is 0. The predicted molar refractivity (Wildman–Crippen MR) is 129 cm³/mol. The van der Waals surface area contributed by atoms with Gasteiger partial charge in [0, 0.05) is 38.6 Å². The van der Waals surface area contributed by atoms with Gasteiger partial charge in [-0.2, -0.15) is 0 Å². The minimum atomic E-state index is 0.701. The average Bonchev–Trinajstić information content (AvgIpc) is 3.30. The number of hydrogen-bond donors (Lipinski definition) is 0. The molecule has 33 heavy (non-hydrogen) atoms. The number of aromatic nitrogens is 3. The molecule has 0 unspecified atom stereocenters. The van der Waals surface area contributed by atoms with E-state index in [1.54, 1.807) is 0 Å². The van der Waals surface area contributed by atoms with Crippen molar-refractivity contribution in [2.75, 3.05) is 19.6 Å². The summed E-state index contributed by atoms with van der Waals surface area (Å²) < 4.78 is 4.88. The third-order valence-corrected chi connectivity index (χ3v) is 6.73. The lowest BCUT2D eigenvalue weighted by molar-refractivity contribution is 0.132. The van der Waals surface area contributed by atoms with E-state index >= 15 is 0 Å². The van der Waals surface area contributed by atoms with E-state index in [0.29, 0.717) is 5.92 Å². The number of fused-ring (bicyclic) bond motifs is 1. The highest BCUT2D eigenvalue weighted by Crippen LogP contribution is 2.23. The lowest BCUT2D eigenvalue weighted by atomic mass is 9.95. The van der Waals surface area contributed by atoms with E-state index in [9.17, 15) is 0 Å². The second-order valence-electron chi connectivity index (χ2n) is 9.26. The van der Waals surface area contributed by atoms with Gasteiger partial charge in [0.1, 0.15) is 11.0 Å². The molecule has 5 rings (SSSR count). The maximum atomic E-state index is 4.88. The van der Waals surface area contributed by atoms with Crippen LogP contribution in [0.15, 0.2) is 71.6 Å². The van der Waals surface area contributed by atoms with Gasteiger partial charge in [0.15, 0.2) is 0 Å². The van der Waals surface area contributed by atoms with Crippen molar-refractivity contribution in [3.8, 4) is 0 Å². The molecule has 2 aromatic carbocycles. The van der Waals surface area contributed by atoms with Crippen molar-refractivity contribution >= 4 is 11.0 Å². The van der Waals surface area contributed by atoms with Crippen LogP contribution in [0.1, 0.15) is 35.1 Å². The van der Waals surface area contributed by atoms with Crippen LogP contribution in [0, 0.1) is 12.8 Å². The van der Waals surface area contributed by atoms with Crippen LogP contribution in [0.2, 0.25) is 0 Å². The van der Waals surface area contributed by atoms with Gasteiger partial charge < -0.3 is 0 Å². The summed E-state index contributed by atoms with van der Waals surface area (Å²) in [6.45, 7) is 8.46. The lowest BCUT2D eigenvalue weighted by Crippen LogP contribution is -2.38. The molecule has 6 heteroatoms. The largest absolute Gasteiger partial charge is 0.299 e. The zero-order chi connectivity index (χ0) is 22.5. The first-order chi connectivity index (χ1) is 16.2. The fraction of sp³-hybridized carbons (Fsp3) is 0.370. The van der Waals surface area contributed by atoms with Crippen molar-refractivity contribution < 1.29 is 4.63 Å². The van der Waals surface area contributed by atoms with Gasteiger partial charge >= 0.3 is 0 Å². The smallest absolute Gasteiger partial charge is 0.135 e. The number of nitrogens with zero attached hydrogens (tertiary/aromatic N) is 5. The van der Waals surface area contributed by atoms with Gasteiger partial charge in [0.05, 0.1) is 0 Å². The topological polar surface area (TPSA) is 58.3 Å². The third-order valence-electron chi connectivity index (χ3n) is 6.73. The molecule has 1 fully saturated rings. The van der Waals surface area contributed by atoms with Crippen LogP contribution in [0.5, 0.6) is 0 Å². The first-order valence-corrected chi connectivity index (χ1v) is 11.8. The molecule has 0 N–H and O–H groups in total. The summed E-state index contributed by atoms with van der Waals surface area (Å²) in [6, 6.07) is 19.1. The number of benzene rings is 2. The molecule has 0 bridgehead atoms. The number of piperidine rings is 1. The van der Waals surface area contributed by atoms with Gasteiger partial charge in [0.25, 0.3) is 0 Å². The molecule has 2 aromatic heterocycles. The summed E-state index contributed by atoms with van der Waals surface area (Å²) in [5.74, 6) is 0.701. The standard InChI is InChI=1S/C27H31N5O/c1-21-5-2-3-7-25(21)20-31-13-10-22(11-14-31)17-32(19-24-6-4-12-28-16-24)18-23-8-9-26-27(15-23)30-33-29-26/h2-9,12,15-16,22H,10-11,13-14,17-20H2,1H3. The van der Waals surface area contributed by atoms with E-state index in [4.69, 9.17) is 4.63 Å². The molecule has 0 atom stereocenters. The molecule has 0 amide bonds. The summed E-state index contributed by atoms with van der Waals surface area (Å²) in [4.78, 5) is 9.47. The number of aryl methyl sites for hydroxylation is 1. The number of likely N-dealkylation sites (tertiary alicyclic amines) is 1. The first-order valence-electron chi connectivity index (χ1n) is 11.8. The Morgan fingerprint density at radius 1 is 0.939 bits per heavy atom. The van der Waals surface area contributed by atoms with Crippen molar-refractivity contribution in [1.29, 1.82) is 0 Å². The Bertz CT molecular complexity index is 1170. The zero-order valence-corrected chi connectivity index (χ0v) is 19.2. The van der Waals surface area contributed by atoms with Crippen LogP contribution in [0.25, 0.3) is 11.0 Å². The van der Waals surface area contributed by atoms with Crippen molar-refractivity contribution in [2.45, 2.75) is 39.4 Å². The molecule has 0 saturated carbocycles. The Balaban J connectivity index is 1.22. The molecule has 0 spiro atoms. The van der Waals surface area contributed by atoms with Crippen LogP contribution < -0.4 is 0 Å². The van der Waals surface area contributed by atoms with E-state index in [1.807, 2.05) is 24.5 Å². The van der Waals surface area contributed by atoms with Crippen molar-refractivity contribution in [1.82, 2.24) is 25.1 Å². The molecule has 0 aliphatic carbocycles. The fourth-order valence-corrected chi connectivity index (χ4v) is 4.84. The normalized spacial score (nSPS) is 15.5. The van der Waals surface area contributed by atoms with Gasteiger partial charge in [-0.25, -0.2) is 4.63 Å². The van der Waals surface area contributed by atoms with Gasteiger partial charge in [-0.05, 0) is 89.5 Å². The highest BCUT2D eigenvalue weighted by Gasteiger charge is 2.22. The molecule has 1 aliphatic heterocycles. The second kappa shape index (κ2) is 10.2. The molecule has 3 heterocycles. The van der Waals surface area contributed by atoms with E-state index < -0.39 is 0 Å². The van der Waals surface area contributed by atoms with Crippen LogP contribution >= 0.6 is 0 Å². The lowest BCUT2D eigenvalue weighted by Gasteiger charge is -2.35. The summed E-state index contributed by atoms with van der Waals surface area (Å²) in [6.07, 6.45) is 6.29. The van der Waals surface area contributed by atoms with E-state index in [-0.39, 0.29) is 0 Å². The summed E-state index contributed by atoms with van der Waals surface area (Å²) in [5.41, 5.74) is 6.95. The SMILES string of the molecule is Cc1ccccc1CN1CCC(CN(Cc2cccnc2)Cc2ccc3nonc3c2)CC1. The maximum Gasteiger partial charge on any atom is 0.135 e. The second-order valence-corrected chi connectivity index (χ2v) is 9.26. The van der Waals surface area contributed by atoms with Crippen LogP contribution in [0.4, 0.5) is 0 Å². The van der Waals surface area contributed by atoms with Gasteiger partial charge in [-0.15, -0.1) is 0 Å². The third kappa shape index (κ3) is 5.64. The molecular weight excluding hydrogens is 410 g/mol. The number of pyridine rings is 1. The summed E-state index contributed by atoms with van der Waals surface area (Å²) >= 11 is 0. The molecule has 170 valence electrons. The van der Waals surface area contributed by atoms with Gasteiger partial charge in [0.2, 0.25) is 0 Å². The minimum absolute atomic E-state index is 0.701. The monoisotopic (exact) mass is 441 g/mol. The van der Waals surface area contributed by atoms with Crippen molar-refractivity contribution in [3.63, 3.8) is 0 Å². The Hall–Kier alpha value is -3.09. The number of hydrogen-bond acceptors (Lipinski definition) is 6. The summed E-state index contributed by atoms with van der Waals surface area (Å²) in [5, 5.41) is 7.95. The molecule has 1 aliphatic rings. The van der Waals surface area contributed by atoms with Crippen LogP contribution in [-0.4, -0.2) is 44.7 Å². The van der Waals surface area contributed by atoms with Gasteiger partial charge in [-0.1, -0.05) is 36.4 Å². The Kier molecular flexibility index (Phi) is 6.74. The average molecular weight is 442 g/mol. The molecule has 6 nitrogen and oxygen atoms in total. The molecule has 1 saturated heterocycles. The minimum Gasteiger partial charge on any atom is -0.299 e. The van der Waals surface area contributed by atoms with E-state index in [2.05, 4.69) is 74.5 Å². The fourth-order valence-electron chi connectivity index (χ4n) is 4.84. The number of rotatable bonds is 8. The van der Waals surface area contributed by atoms with Crippen molar-refractivity contribution in [2.24, 2.45) is 5.92 Å². The first kappa shape index (κ1) is 21.7. The van der Waals surface area contributed by atoms with Gasteiger partial charge in [-0.3, -0.25) is 14.8 Å². The molecular formula is C27H31N5O. The zero-order valence-electron chi connectivity index (χ0n) is 19.2.